The fourth-order valence-electron chi connectivity index (χ4n) is 7.40. The second-order valence-electron chi connectivity index (χ2n) is 12.6. The Hall–Kier alpha value is -5.38. The van der Waals surface area contributed by atoms with Crippen molar-refractivity contribution in [1.82, 2.24) is 9.97 Å². The molecule has 0 fully saturated rings. The highest BCUT2D eigenvalue weighted by Crippen LogP contribution is 2.40. The summed E-state index contributed by atoms with van der Waals surface area (Å²) in [6, 6.07) is 52.7. The van der Waals surface area contributed by atoms with Gasteiger partial charge >= 0.3 is 0 Å². The van der Waals surface area contributed by atoms with Crippen LogP contribution in [0.2, 0.25) is 13.1 Å². The summed E-state index contributed by atoms with van der Waals surface area (Å²) in [6.07, 6.45) is 0. The average molecular weight is 591 g/mol. The van der Waals surface area contributed by atoms with E-state index in [0.717, 1.165) is 22.6 Å². The highest BCUT2D eigenvalue weighted by atomic mass is 28.3. The number of hydrogen-bond acceptors (Lipinski definition) is 2. The molecule has 1 aliphatic rings. The van der Waals surface area contributed by atoms with Crippen molar-refractivity contribution in [3.05, 3.63) is 146 Å². The van der Waals surface area contributed by atoms with Gasteiger partial charge in [-0.15, -0.1) is 0 Å². The third kappa shape index (κ3) is 3.94. The van der Waals surface area contributed by atoms with Crippen LogP contribution in [0.5, 0.6) is 0 Å². The van der Waals surface area contributed by atoms with Crippen LogP contribution in [-0.2, 0) is 0 Å². The molecule has 45 heavy (non-hydrogen) atoms. The van der Waals surface area contributed by atoms with Crippen molar-refractivity contribution in [3.8, 4) is 44.9 Å². The number of rotatable bonds is 3. The Kier molecular flexibility index (Phi) is 5.68. The minimum Gasteiger partial charge on any atom is -0.237 e. The topological polar surface area (TPSA) is 25.8 Å². The summed E-state index contributed by atoms with van der Waals surface area (Å²) < 4.78 is 0. The van der Waals surface area contributed by atoms with E-state index >= 15 is 0 Å². The van der Waals surface area contributed by atoms with Crippen molar-refractivity contribution in [2.45, 2.75) is 13.1 Å². The zero-order valence-corrected chi connectivity index (χ0v) is 26.3. The van der Waals surface area contributed by atoms with E-state index in [1.165, 1.54) is 65.1 Å². The summed E-state index contributed by atoms with van der Waals surface area (Å²) in [5.74, 6) is 0.798. The number of benzene rings is 7. The first-order valence-electron chi connectivity index (χ1n) is 15.6. The van der Waals surface area contributed by atoms with Crippen LogP contribution in [0.4, 0.5) is 0 Å². The quantitative estimate of drug-likeness (QED) is 0.151. The molecule has 0 unspecified atom stereocenters. The molecule has 1 aliphatic heterocycles. The molecule has 0 saturated heterocycles. The fraction of sp³-hybridized carbons (Fsp3) is 0.0476. The second kappa shape index (κ2) is 9.81. The molecule has 0 bridgehead atoms. The van der Waals surface area contributed by atoms with Crippen molar-refractivity contribution in [1.29, 1.82) is 0 Å². The number of nitrogens with zero attached hydrogens (tertiary/aromatic N) is 2. The standard InChI is InChI=1S/C42H30N2Si/c1-45(2)38-22-11-10-21-36(38)39-40(43-41(44-42(39)45)27-13-4-3-5-14-27)30-16-12-15-28(25-30)29-23-24-35-33-19-7-6-17-31(33)32-18-8-9-20-34(32)37(35)26-29/h3-26H,1-2H3. The van der Waals surface area contributed by atoms with Crippen LogP contribution in [-0.4, -0.2) is 18.0 Å². The van der Waals surface area contributed by atoms with Crippen molar-refractivity contribution in [2.75, 3.05) is 0 Å². The summed E-state index contributed by atoms with van der Waals surface area (Å²) in [6.45, 7) is 4.84. The Bertz CT molecular complexity index is 2430. The fourth-order valence-corrected chi connectivity index (χ4v) is 10.3. The van der Waals surface area contributed by atoms with Crippen molar-refractivity contribution in [2.24, 2.45) is 0 Å². The largest absolute Gasteiger partial charge is 0.237 e. The molecule has 0 spiro atoms. The lowest BCUT2D eigenvalue weighted by molar-refractivity contribution is 1.21. The molecule has 0 aliphatic carbocycles. The number of aromatic nitrogens is 2. The Morgan fingerprint density at radius 1 is 0.422 bits per heavy atom. The number of hydrogen-bond donors (Lipinski definition) is 0. The van der Waals surface area contributed by atoms with Crippen LogP contribution in [0.3, 0.4) is 0 Å². The molecular weight excluding hydrogens is 561 g/mol. The molecule has 0 amide bonds. The highest BCUT2D eigenvalue weighted by molar-refractivity contribution is 7.03. The lowest BCUT2D eigenvalue weighted by atomic mass is 9.91. The zero-order chi connectivity index (χ0) is 30.1. The lowest BCUT2D eigenvalue weighted by Crippen LogP contribution is -2.50. The second-order valence-corrected chi connectivity index (χ2v) is 16.9. The summed E-state index contributed by atoms with van der Waals surface area (Å²) in [4.78, 5) is 10.6. The van der Waals surface area contributed by atoms with Crippen LogP contribution in [0.1, 0.15) is 0 Å². The van der Waals surface area contributed by atoms with Crippen molar-refractivity contribution < 1.29 is 0 Å². The first-order valence-corrected chi connectivity index (χ1v) is 18.6. The Balaban J connectivity index is 1.27. The summed E-state index contributed by atoms with van der Waals surface area (Å²) in [7, 11) is -2.02. The monoisotopic (exact) mass is 590 g/mol. The maximum absolute atomic E-state index is 5.32. The van der Waals surface area contributed by atoms with E-state index in [1.54, 1.807) is 0 Å². The van der Waals surface area contributed by atoms with Crippen LogP contribution >= 0.6 is 0 Å². The lowest BCUT2D eigenvalue weighted by Gasteiger charge is -2.19. The molecule has 2 heterocycles. The van der Waals surface area contributed by atoms with Gasteiger partial charge < -0.3 is 0 Å². The number of fused-ring (bicyclic) bond motifs is 9. The molecule has 0 N–H and O–H groups in total. The van der Waals surface area contributed by atoms with E-state index in [0.29, 0.717) is 0 Å². The van der Waals surface area contributed by atoms with Gasteiger partial charge in [0.05, 0.1) is 5.69 Å². The van der Waals surface area contributed by atoms with Gasteiger partial charge in [0, 0.05) is 22.0 Å². The van der Waals surface area contributed by atoms with E-state index < -0.39 is 8.07 Å². The maximum atomic E-state index is 5.32. The molecule has 1 aromatic heterocycles. The molecule has 0 radical (unpaired) electrons. The molecule has 0 saturated carbocycles. The van der Waals surface area contributed by atoms with Crippen LogP contribution < -0.4 is 10.5 Å². The molecule has 212 valence electrons. The molecular formula is C42H30N2Si. The van der Waals surface area contributed by atoms with Gasteiger partial charge in [-0.1, -0.05) is 147 Å². The minimum absolute atomic E-state index is 0.798. The van der Waals surface area contributed by atoms with Gasteiger partial charge in [-0.25, -0.2) is 9.97 Å². The minimum atomic E-state index is -2.02. The molecule has 3 heteroatoms. The first-order chi connectivity index (χ1) is 22.1. The maximum Gasteiger partial charge on any atom is 0.159 e. The van der Waals surface area contributed by atoms with Gasteiger partial charge in [0.2, 0.25) is 0 Å². The molecule has 8 aromatic rings. The average Bonchev–Trinajstić information content (AvgIpc) is 3.34. The van der Waals surface area contributed by atoms with Crippen molar-refractivity contribution >= 4 is 50.9 Å². The van der Waals surface area contributed by atoms with E-state index in [1.807, 2.05) is 6.07 Å². The summed E-state index contributed by atoms with van der Waals surface area (Å²) >= 11 is 0. The Labute approximate surface area is 263 Å². The van der Waals surface area contributed by atoms with E-state index in [9.17, 15) is 0 Å². The SMILES string of the molecule is C[Si]1(C)c2ccccc2-c2c(-c3cccc(-c4ccc5c6ccccc6c6ccccc6c5c4)c3)nc(-c3ccccc3)nc21. The molecule has 9 rings (SSSR count). The zero-order valence-electron chi connectivity index (χ0n) is 25.3. The summed E-state index contributed by atoms with van der Waals surface area (Å²) in [5.41, 5.74) is 8.06. The molecule has 2 nitrogen and oxygen atoms in total. The highest BCUT2D eigenvalue weighted by Gasteiger charge is 2.41. The Morgan fingerprint density at radius 3 is 1.71 bits per heavy atom. The van der Waals surface area contributed by atoms with E-state index in [2.05, 4.69) is 153 Å². The van der Waals surface area contributed by atoms with Gasteiger partial charge in [0.15, 0.2) is 5.82 Å². The van der Waals surface area contributed by atoms with Crippen LogP contribution in [0, 0.1) is 0 Å². The normalized spacial score (nSPS) is 13.3. The van der Waals surface area contributed by atoms with Gasteiger partial charge in [-0.3, -0.25) is 0 Å². The van der Waals surface area contributed by atoms with Crippen LogP contribution in [0.25, 0.3) is 77.2 Å². The van der Waals surface area contributed by atoms with Gasteiger partial charge in [0.1, 0.15) is 8.07 Å². The first kappa shape index (κ1) is 26.1. The van der Waals surface area contributed by atoms with Gasteiger partial charge in [0.25, 0.3) is 0 Å². The molecule has 0 atom stereocenters. The smallest absolute Gasteiger partial charge is 0.159 e. The predicted molar refractivity (Wildman–Crippen MR) is 193 cm³/mol. The third-order valence-corrected chi connectivity index (χ3v) is 12.9. The van der Waals surface area contributed by atoms with Gasteiger partial charge in [-0.05, 0) is 66.3 Å². The summed E-state index contributed by atoms with van der Waals surface area (Å²) in [5, 5.41) is 10.4. The van der Waals surface area contributed by atoms with Gasteiger partial charge in [-0.2, -0.15) is 0 Å². The van der Waals surface area contributed by atoms with E-state index in [4.69, 9.17) is 9.97 Å². The van der Waals surface area contributed by atoms with E-state index in [-0.39, 0.29) is 0 Å². The van der Waals surface area contributed by atoms with Crippen LogP contribution in [0.15, 0.2) is 146 Å². The Morgan fingerprint density at radius 2 is 0.978 bits per heavy atom. The molecule has 7 aromatic carbocycles. The predicted octanol–water partition coefficient (Wildman–Crippen LogP) is 9.74. The third-order valence-electron chi connectivity index (χ3n) is 9.62. The van der Waals surface area contributed by atoms with Crippen molar-refractivity contribution in [3.63, 3.8) is 0 Å².